The maximum atomic E-state index is 12.3. The fourth-order valence-corrected chi connectivity index (χ4v) is 1.28. The Morgan fingerprint density at radius 2 is 1.21 bits per heavy atom. The van der Waals surface area contributed by atoms with Crippen LogP contribution in [0.15, 0.2) is 0 Å². The zero-order chi connectivity index (χ0) is 11.8. The minimum atomic E-state index is -6.32. The summed E-state index contributed by atoms with van der Waals surface area (Å²) in [6, 6.07) is 0. The van der Waals surface area contributed by atoms with Gasteiger partial charge in [-0.1, -0.05) is 0 Å². The Kier molecular flexibility index (Phi) is 3.60. The van der Waals surface area contributed by atoms with E-state index in [1.165, 1.54) is 0 Å². The van der Waals surface area contributed by atoms with Gasteiger partial charge in [-0.2, -0.15) is 30.7 Å². The Labute approximate surface area is 76.6 Å². The van der Waals surface area contributed by atoms with E-state index in [9.17, 15) is 30.7 Å². The molecule has 9 heteroatoms. The lowest BCUT2D eigenvalue weighted by molar-refractivity contribution is -0.404. The van der Waals surface area contributed by atoms with E-state index >= 15 is 0 Å². The number of hydrogen-bond donors (Lipinski definition) is 0. The van der Waals surface area contributed by atoms with Crippen molar-refractivity contribution in [3.05, 3.63) is 0 Å². The smallest absolute Gasteiger partial charge is 0.361 e. The number of hydrogen-bond acceptors (Lipinski definition) is 1. The highest BCUT2D eigenvalue weighted by Gasteiger charge is 2.74. The quantitative estimate of drug-likeness (QED) is 0.548. The van der Waals surface area contributed by atoms with Crippen LogP contribution in [0.4, 0.5) is 30.7 Å². The van der Waals surface area contributed by atoms with Crippen LogP contribution < -0.4 is 0 Å². The largest absolute Gasteiger partial charge is 0.462 e. The van der Waals surface area contributed by atoms with Gasteiger partial charge in [0, 0.05) is 0 Å². The van der Waals surface area contributed by atoms with Crippen LogP contribution in [0.1, 0.15) is 0 Å². The van der Waals surface area contributed by atoms with E-state index in [0.29, 0.717) is 0 Å². The van der Waals surface area contributed by atoms with Crippen LogP contribution in [-0.2, 0) is 4.43 Å². The molecule has 86 valence electrons. The minimum absolute atomic E-state index is 1.06. The van der Waals surface area contributed by atoms with Crippen molar-refractivity contribution in [2.45, 2.75) is 31.3 Å². The van der Waals surface area contributed by atoms with Crippen molar-refractivity contribution < 1.29 is 35.2 Å². The Balaban J connectivity index is 4.88. The molecule has 0 spiro atoms. The van der Waals surface area contributed by atoms with E-state index < -0.39 is 27.2 Å². The summed E-state index contributed by atoms with van der Waals surface area (Å²) in [5.41, 5.74) is 0. The predicted molar refractivity (Wildman–Crippen MR) is 35.9 cm³/mol. The second kappa shape index (κ2) is 3.68. The third kappa shape index (κ3) is 2.59. The van der Waals surface area contributed by atoms with Gasteiger partial charge in [0.15, 0.2) is 9.04 Å². The van der Waals surface area contributed by atoms with Gasteiger partial charge >= 0.3 is 18.2 Å². The van der Waals surface area contributed by atoms with Crippen LogP contribution in [0, 0.1) is 0 Å². The van der Waals surface area contributed by atoms with Gasteiger partial charge in [0.05, 0.1) is 0 Å². The lowest BCUT2D eigenvalue weighted by Gasteiger charge is -2.29. The van der Waals surface area contributed by atoms with Crippen LogP contribution in [0.25, 0.3) is 0 Å². The van der Waals surface area contributed by atoms with Gasteiger partial charge in [-0.05, 0) is 13.1 Å². The Morgan fingerprint density at radius 1 is 0.857 bits per heavy atom. The first kappa shape index (κ1) is 13.7. The SMILES string of the molecule is C[SiH](C)OC(F)(F)C(F)(F)C(F)(F)F. The summed E-state index contributed by atoms with van der Waals surface area (Å²) in [5, 5.41) is 0. The Hall–Kier alpha value is -0.313. The molecule has 0 atom stereocenters. The van der Waals surface area contributed by atoms with Crippen molar-refractivity contribution in [1.82, 2.24) is 0 Å². The second-order valence-corrected chi connectivity index (χ2v) is 5.09. The van der Waals surface area contributed by atoms with E-state index in [2.05, 4.69) is 4.43 Å². The second-order valence-electron chi connectivity index (χ2n) is 2.76. The van der Waals surface area contributed by atoms with Crippen molar-refractivity contribution in [2.24, 2.45) is 0 Å². The van der Waals surface area contributed by atoms with Gasteiger partial charge in [0.2, 0.25) is 0 Å². The fourth-order valence-electron chi connectivity index (χ4n) is 0.535. The van der Waals surface area contributed by atoms with Gasteiger partial charge in [-0.15, -0.1) is 0 Å². The van der Waals surface area contributed by atoms with Crippen molar-refractivity contribution in [2.75, 3.05) is 0 Å². The summed E-state index contributed by atoms with van der Waals surface area (Å²) in [5.74, 6) is -6.16. The summed E-state index contributed by atoms with van der Waals surface area (Å²) < 4.78 is 86.6. The lowest BCUT2D eigenvalue weighted by Crippen LogP contribution is -2.54. The summed E-state index contributed by atoms with van der Waals surface area (Å²) in [4.78, 5) is 0. The molecule has 0 saturated heterocycles. The summed E-state index contributed by atoms with van der Waals surface area (Å²) in [6.07, 6.45) is -11.8. The number of halogens is 7. The molecule has 0 rings (SSSR count). The van der Waals surface area contributed by atoms with E-state index in [-0.39, 0.29) is 0 Å². The molecule has 0 aromatic carbocycles. The van der Waals surface area contributed by atoms with E-state index in [1.807, 2.05) is 0 Å². The summed E-state index contributed by atoms with van der Waals surface area (Å²) in [7, 11) is -2.70. The Morgan fingerprint density at radius 3 is 1.43 bits per heavy atom. The highest BCUT2D eigenvalue weighted by Crippen LogP contribution is 2.47. The van der Waals surface area contributed by atoms with Crippen LogP contribution >= 0.6 is 0 Å². The molecule has 0 aliphatic heterocycles. The molecule has 0 unspecified atom stereocenters. The molecule has 0 N–H and O–H groups in total. The van der Waals surface area contributed by atoms with Crippen LogP contribution in [0.5, 0.6) is 0 Å². The van der Waals surface area contributed by atoms with Crippen molar-refractivity contribution >= 4 is 9.04 Å². The summed E-state index contributed by atoms with van der Waals surface area (Å²) >= 11 is 0. The maximum absolute atomic E-state index is 12.3. The lowest BCUT2D eigenvalue weighted by atomic mass is 10.3. The number of alkyl halides is 7. The third-order valence-corrected chi connectivity index (χ3v) is 1.87. The average molecular weight is 244 g/mol. The first-order valence-corrected chi connectivity index (χ1v) is 6.20. The highest BCUT2D eigenvalue weighted by molar-refractivity contribution is 6.48. The first-order chi connectivity index (χ1) is 5.92. The van der Waals surface area contributed by atoms with E-state index in [1.54, 1.807) is 0 Å². The third-order valence-electron chi connectivity index (χ3n) is 1.11. The summed E-state index contributed by atoms with van der Waals surface area (Å²) in [6.45, 7) is 2.11. The van der Waals surface area contributed by atoms with Crippen molar-refractivity contribution in [1.29, 1.82) is 0 Å². The molecule has 0 amide bonds. The van der Waals surface area contributed by atoms with Crippen LogP contribution in [0.2, 0.25) is 13.1 Å². The van der Waals surface area contributed by atoms with Crippen molar-refractivity contribution in [3.8, 4) is 0 Å². The zero-order valence-electron chi connectivity index (χ0n) is 7.13. The molecule has 0 aliphatic rings. The van der Waals surface area contributed by atoms with Gasteiger partial charge in [-0.3, -0.25) is 0 Å². The van der Waals surface area contributed by atoms with Gasteiger partial charge in [0.25, 0.3) is 0 Å². The molecular weight excluding hydrogens is 237 g/mol. The molecule has 0 aromatic rings. The van der Waals surface area contributed by atoms with Gasteiger partial charge in [0.1, 0.15) is 0 Å². The standard InChI is InChI=1S/C5H7F7OSi/c1-14(2)13-5(11,12)3(6,7)4(8,9)10/h14H,1-2H3. The zero-order valence-corrected chi connectivity index (χ0v) is 8.29. The average Bonchev–Trinajstić information content (AvgIpc) is 1.80. The monoisotopic (exact) mass is 244 g/mol. The molecule has 0 aliphatic carbocycles. The molecule has 0 fully saturated rings. The minimum Gasteiger partial charge on any atom is -0.361 e. The highest BCUT2D eigenvalue weighted by atomic mass is 28.3. The maximum Gasteiger partial charge on any atom is 0.462 e. The van der Waals surface area contributed by atoms with Crippen molar-refractivity contribution in [3.63, 3.8) is 0 Å². The molecular formula is C5H7F7OSi. The molecule has 0 radical (unpaired) electrons. The van der Waals surface area contributed by atoms with E-state index in [0.717, 1.165) is 13.1 Å². The molecule has 0 aromatic heterocycles. The Bertz CT molecular complexity index is 199. The normalized spacial score (nSPS) is 15.0. The topological polar surface area (TPSA) is 9.23 Å². The van der Waals surface area contributed by atoms with Gasteiger partial charge < -0.3 is 4.43 Å². The van der Waals surface area contributed by atoms with Gasteiger partial charge in [-0.25, -0.2) is 0 Å². The molecule has 0 saturated carbocycles. The van der Waals surface area contributed by atoms with E-state index in [4.69, 9.17) is 0 Å². The molecule has 0 heterocycles. The van der Waals surface area contributed by atoms with Crippen LogP contribution in [0.3, 0.4) is 0 Å². The molecule has 14 heavy (non-hydrogen) atoms. The number of rotatable bonds is 3. The molecule has 1 nitrogen and oxygen atoms in total. The first-order valence-electron chi connectivity index (χ1n) is 3.42. The predicted octanol–water partition coefficient (Wildman–Crippen LogP) is 2.78. The fraction of sp³-hybridized carbons (Fsp3) is 1.00. The van der Waals surface area contributed by atoms with Crippen LogP contribution in [-0.4, -0.2) is 27.2 Å². The molecule has 0 bridgehead atoms.